The molecule has 1 aromatic carbocycles. The van der Waals surface area contributed by atoms with E-state index in [9.17, 15) is 9.59 Å². The highest BCUT2D eigenvalue weighted by Gasteiger charge is 2.16. The number of nitrogen functional groups attached to an aromatic ring is 1. The van der Waals surface area contributed by atoms with Crippen LogP contribution in [0.3, 0.4) is 0 Å². The maximum absolute atomic E-state index is 12.8. The summed E-state index contributed by atoms with van der Waals surface area (Å²) in [4.78, 5) is 41.0. The molecule has 3 aromatic rings. The first-order chi connectivity index (χ1) is 20.0. The van der Waals surface area contributed by atoms with Crippen LogP contribution in [0.1, 0.15) is 63.0 Å². The fourth-order valence-corrected chi connectivity index (χ4v) is 5.29. The zero-order valence-electron chi connectivity index (χ0n) is 25.0. The number of carbonyl (C=O) groups is 1. The molecule has 12 heteroatoms. The molecule has 3 N–H and O–H groups in total. The van der Waals surface area contributed by atoms with Crippen molar-refractivity contribution >= 4 is 39.9 Å². The quantitative estimate of drug-likeness (QED) is 0.175. The molecule has 0 aliphatic carbocycles. The Morgan fingerprint density at radius 3 is 2.40 bits per heavy atom. The van der Waals surface area contributed by atoms with Crippen molar-refractivity contribution in [3.8, 4) is 6.01 Å². The van der Waals surface area contributed by atoms with Crippen LogP contribution >= 0.6 is 17.0 Å². The number of methoxy groups -OCH3 is 1. The number of hydrogen-bond donors (Lipinski definition) is 2. The molecule has 4 rings (SSSR count). The average molecular weight is 649 g/mol. The molecule has 1 aliphatic rings. The van der Waals surface area contributed by atoms with E-state index in [1.807, 2.05) is 12.1 Å². The standard InChI is InChI=1S/C30H45N7O4.BrH/c1-3-4-20-41-29-33-27(31)26-28(34-29)37(30(39)32-26)19-9-18-36(17-8-16-35-14-6-5-7-15-35)22-24-12-10-23(11-13-24)21-25(38)40-2;/h10-13H,3-9,14-22H2,1-2H3,(H,32,39)(H2,31,33,34);1H. The molecule has 1 fully saturated rings. The van der Waals surface area contributed by atoms with Crippen LogP contribution in [0.2, 0.25) is 0 Å². The Bertz CT molecular complexity index is 1310. The molecule has 0 saturated carbocycles. The van der Waals surface area contributed by atoms with Crippen LogP contribution in [0.25, 0.3) is 11.2 Å². The number of nitrogens with one attached hydrogen (secondary N) is 1. The third kappa shape index (κ3) is 9.81. The number of esters is 1. The summed E-state index contributed by atoms with van der Waals surface area (Å²) in [7, 11) is 1.41. The number of fused-ring (bicyclic) bond motifs is 1. The Morgan fingerprint density at radius 2 is 1.71 bits per heavy atom. The van der Waals surface area contributed by atoms with E-state index in [-0.39, 0.29) is 46.9 Å². The number of benzene rings is 1. The van der Waals surface area contributed by atoms with Gasteiger partial charge in [0.25, 0.3) is 0 Å². The van der Waals surface area contributed by atoms with Crippen LogP contribution in [-0.4, -0.2) is 81.7 Å². The number of likely N-dealkylation sites (tertiary alicyclic amines) is 1. The van der Waals surface area contributed by atoms with Gasteiger partial charge in [-0.15, -0.1) is 17.0 Å². The predicted molar refractivity (Wildman–Crippen MR) is 170 cm³/mol. The fraction of sp³-hybridized carbons (Fsp3) is 0.600. The lowest BCUT2D eigenvalue weighted by molar-refractivity contribution is -0.139. The number of aryl methyl sites for hydroxylation is 1. The smallest absolute Gasteiger partial charge is 0.327 e. The summed E-state index contributed by atoms with van der Waals surface area (Å²) in [5, 5.41) is 0. The van der Waals surface area contributed by atoms with E-state index < -0.39 is 0 Å². The van der Waals surface area contributed by atoms with Gasteiger partial charge in [0.1, 0.15) is 5.52 Å². The number of aromatic amines is 1. The van der Waals surface area contributed by atoms with E-state index >= 15 is 0 Å². The molecule has 0 radical (unpaired) electrons. The number of anilines is 1. The minimum Gasteiger partial charge on any atom is -0.469 e. The summed E-state index contributed by atoms with van der Waals surface area (Å²) in [5.74, 6) is -0.0244. The van der Waals surface area contributed by atoms with Crippen LogP contribution in [0.4, 0.5) is 5.82 Å². The first-order valence-electron chi connectivity index (χ1n) is 14.9. The van der Waals surface area contributed by atoms with Gasteiger partial charge in [-0.1, -0.05) is 44.0 Å². The number of unbranched alkanes of at least 4 members (excludes halogenated alkanes) is 1. The molecule has 11 nitrogen and oxygen atoms in total. The molecule has 0 atom stereocenters. The van der Waals surface area contributed by atoms with Crippen LogP contribution in [0.15, 0.2) is 29.1 Å². The van der Waals surface area contributed by atoms with Crippen molar-refractivity contribution in [2.45, 2.75) is 71.4 Å². The minimum absolute atomic E-state index is 0. The highest BCUT2D eigenvalue weighted by atomic mass is 79.9. The Morgan fingerprint density at radius 1 is 1.02 bits per heavy atom. The molecule has 232 valence electrons. The summed E-state index contributed by atoms with van der Waals surface area (Å²) < 4.78 is 12.1. The van der Waals surface area contributed by atoms with Crippen LogP contribution in [0.5, 0.6) is 6.01 Å². The molecule has 2 aromatic heterocycles. The van der Waals surface area contributed by atoms with Gasteiger partial charge >= 0.3 is 17.7 Å². The number of halogens is 1. The van der Waals surface area contributed by atoms with Gasteiger partial charge in [-0.25, -0.2) is 4.79 Å². The topological polar surface area (TPSA) is 132 Å². The molecule has 0 spiro atoms. The zero-order chi connectivity index (χ0) is 29.0. The first kappa shape index (κ1) is 33.5. The van der Waals surface area contributed by atoms with Crippen LogP contribution in [-0.2, 0) is 29.0 Å². The number of nitrogens with two attached hydrogens (primary N) is 1. The number of rotatable bonds is 16. The second-order valence-electron chi connectivity index (χ2n) is 10.8. The first-order valence-corrected chi connectivity index (χ1v) is 14.9. The van der Waals surface area contributed by atoms with Crippen molar-refractivity contribution in [3.63, 3.8) is 0 Å². The van der Waals surface area contributed by atoms with E-state index in [2.05, 4.69) is 43.8 Å². The SMILES string of the molecule is Br.CCCCOc1nc(N)c2[nH]c(=O)n(CCCN(CCCN3CCCCC3)Cc3ccc(CC(=O)OC)cc3)c2n1. The lowest BCUT2D eigenvalue weighted by atomic mass is 10.1. The molecule has 0 bridgehead atoms. The number of piperidine rings is 1. The Kier molecular flexibility index (Phi) is 13.8. The summed E-state index contributed by atoms with van der Waals surface area (Å²) >= 11 is 0. The predicted octanol–water partition coefficient (Wildman–Crippen LogP) is 3.94. The van der Waals surface area contributed by atoms with Crippen molar-refractivity contribution < 1.29 is 14.3 Å². The van der Waals surface area contributed by atoms with Gasteiger partial charge < -0.3 is 25.1 Å². The van der Waals surface area contributed by atoms with E-state index in [1.165, 1.54) is 45.0 Å². The average Bonchev–Trinajstić information content (AvgIpc) is 3.30. The van der Waals surface area contributed by atoms with Crippen molar-refractivity contribution in [2.75, 3.05) is 52.2 Å². The third-order valence-corrected chi connectivity index (χ3v) is 7.62. The molecule has 42 heavy (non-hydrogen) atoms. The maximum atomic E-state index is 12.8. The summed E-state index contributed by atoms with van der Waals surface area (Å²) in [6.45, 7) is 9.18. The van der Waals surface area contributed by atoms with Gasteiger partial charge in [-0.2, -0.15) is 9.97 Å². The minimum atomic E-state index is -0.246. The molecular formula is C30H46BrN7O4. The lowest BCUT2D eigenvalue weighted by Crippen LogP contribution is -2.34. The van der Waals surface area contributed by atoms with Crippen LogP contribution in [0, 0.1) is 0 Å². The highest BCUT2D eigenvalue weighted by molar-refractivity contribution is 8.93. The van der Waals surface area contributed by atoms with Crippen molar-refractivity contribution in [1.29, 1.82) is 0 Å². The summed E-state index contributed by atoms with van der Waals surface area (Å²) in [5.41, 5.74) is 8.93. The number of H-pyrrole nitrogens is 1. The number of imidazole rings is 1. The summed E-state index contributed by atoms with van der Waals surface area (Å²) in [6.07, 6.45) is 7.95. The molecule has 0 unspecified atom stereocenters. The van der Waals surface area contributed by atoms with Crippen molar-refractivity contribution in [2.24, 2.45) is 0 Å². The molecule has 1 aliphatic heterocycles. The number of hydrogen-bond acceptors (Lipinski definition) is 9. The molecule has 0 amide bonds. The molecule has 1 saturated heterocycles. The Hall–Kier alpha value is -2.96. The van der Waals surface area contributed by atoms with E-state index in [0.29, 0.717) is 24.3 Å². The highest BCUT2D eigenvalue weighted by Crippen LogP contribution is 2.18. The zero-order valence-corrected chi connectivity index (χ0v) is 26.7. The van der Waals surface area contributed by atoms with Crippen LogP contribution < -0.4 is 16.2 Å². The lowest BCUT2D eigenvalue weighted by Gasteiger charge is -2.28. The van der Waals surface area contributed by atoms with Gasteiger partial charge in [0.15, 0.2) is 11.5 Å². The van der Waals surface area contributed by atoms with E-state index in [1.54, 1.807) is 4.57 Å². The van der Waals surface area contributed by atoms with Crippen molar-refractivity contribution in [1.82, 2.24) is 29.3 Å². The van der Waals surface area contributed by atoms with E-state index in [4.69, 9.17) is 15.2 Å². The second kappa shape index (κ2) is 17.2. The number of aromatic nitrogens is 4. The largest absolute Gasteiger partial charge is 0.469 e. The normalized spacial score (nSPS) is 13.8. The van der Waals surface area contributed by atoms with Gasteiger partial charge in [-0.3, -0.25) is 14.3 Å². The van der Waals surface area contributed by atoms with Crippen molar-refractivity contribution in [3.05, 3.63) is 45.9 Å². The number of nitrogens with zero attached hydrogens (tertiary/aromatic N) is 5. The van der Waals surface area contributed by atoms with Gasteiger partial charge in [0.2, 0.25) is 0 Å². The molecular weight excluding hydrogens is 602 g/mol. The monoisotopic (exact) mass is 647 g/mol. The Balaban J connectivity index is 0.00000484. The summed E-state index contributed by atoms with van der Waals surface area (Å²) in [6, 6.07) is 8.35. The second-order valence-corrected chi connectivity index (χ2v) is 10.8. The third-order valence-electron chi connectivity index (χ3n) is 7.62. The number of ether oxygens (including phenoxy) is 2. The maximum Gasteiger partial charge on any atom is 0.327 e. The van der Waals surface area contributed by atoms with E-state index in [0.717, 1.165) is 57.4 Å². The molecule has 3 heterocycles. The van der Waals surface area contributed by atoms with Gasteiger partial charge in [-0.05, 0) is 69.4 Å². The number of carbonyl (C=O) groups excluding carboxylic acids is 1. The fourth-order valence-electron chi connectivity index (χ4n) is 5.29. The van der Waals surface area contributed by atoms with Gasteiger partial charge in [0, 0.05) is 19.6 Å². The van der Waals surface area contributed by atoms with Gasteiger partial charge in [0.05, 0.1) is 20.1 Å². The Labute approximate surface area is 258 Å².